The molecule has 1 atom stereocenters. The predicted molar refractivity (Wildman–Crippen MR) is 89.5 cm³/mol. The fourth-order valence-electron chi connectivity index (χ4n) is 2.00. The first-order chi connectivity index (χ1) is 10.8. The highest BCUT2D eigenvalue weighted by Crippen LogP contribution is 2.21. The third-order valence-electron chi connectivity index (χ3n) is 3.25. The van der Waals surface area contributed by atoms with E-state index in [0.29, 0.717) is 5.75 Å². The smallest absolute Gasteiger partial charge is 0.265 e. The van der Waals surface area contributed by atoms with Crippen molar-refractivity contribution in [2.75, 3.05) is 11.6 Å². The van der Waals surface area contributed by atoms with E-state index in [0.717, 1.165) is 11.8 Å². The molecule has 1 N–H and O–H groups in total. The van der Waals surface area contributed by atoms with Crippen LogP contribution in [0.1, 0.15) is 12.5 Å². The molecule has 2 rings (SSSR count). The van der Waals surface area contributed by atoms with E-state index in [4.69, 9.17) is 4.74 Å². The molecule has 0 bridgehead atoms. The first kappa shape index (κ1) is 17.0. The Morgan fingerprint density at radius 3 is 2.30 bits per heavy atom. The third kappa shape index (κ3) is 4.56. The molecule has 5 nitrogen and oxygen atoms in total. The Hall–Kier alpha value is -2.34. The van der Waals surface area contributed by atoms with Crippen molar-refractivity contribution in [2.45, 2.75) is 24.8 Å². The van der Waals surface area contributed by atoms with Crippen molar-refractivity contribution in [1.29, 1.82) is 0 Å². The Morgan fingerprint density at radius 1 is 1.09 bits per heavy atom. The number of hydrogen-bond acceptors (Lipinski definition) is 4. The van der Waals surface area contributed by atoms with Gasteiger partial charge >= 0.3 is 0 Å². The maximum atomic E-state index is 12.2. The Labute approximate surface area is 136 Å². The number of benzene rings is 2. The van der Waals surface area contributed by atoms with Crippen LogP contribution in [0, 0.1) is 6.92 Å². The molecule has 0 aliphatic carbocycles. The normalized spacial score (nSPS) is 12.5. The van der Waals surface area contributed by atoms with Gasteiger partial charge in [0.25, 0.3) is 5.91 Å². The van der Waals surface area contributed by atoms with Gasteiger partial charge in [-0.05, 0) is 38.1 Å². The molecule has 1 amide bonds. The van der Waals surface area contributed by atoms with Gasteiger partial charge in [-0.2, -0.15) is 0 Å². The number of carbonyl (C=O) groups excluding carboxylic acids is 1. The minimum absolute atomic E-state index is 0.0795. The summed E-state index contributed by atoms with van der Waals surface area (Å²) < 4.78 is 29.1. The van der Waals surface area contributed by atoms with Gasteiger partial charge < -0.3 is 10.1 Å². The number of para-hydroxylation sites is 1. The quantitative estimate of drug-likeness (QED) is 0.913. The van der Waals surface area contributed by atoms with Gasteiger partial charge in [-0.25, -0.2) is 8.42 Å². The van der Waals surface area contributed by atoms with E-state index in [2.05, 4.69) is 5.32 Å². The Bertz CT molecular complexity index is 798. The van der Waals surface area contributed by atoms with Crippen LogP contribution in [0.5, 0.6) is 5.75 Å². The summed E-state index contributed by atoms with van der Waals surface area (Å²) in [7, 11) is -3.42. The molecule has 122 valence electrons. The molecule has 1 unspecified atom stereocenters. The van der Waals surface area contributed by atoms with Gasteiger partial charge in [0.15, 0.2) is 15.9 Å². The van der Waals surface area contributed by atoms with Crippen molar-refractivity contribution < 1.29 is 17.9 Å². The highest BCUT2D eigenvalue weighted by atomic mass is 32.2. The Kier molecular flexibility index (Phi) is 5.05. The summed E-state index contributed by atoms with van der Waals surface area (Å²) >= 11 is 0. The van der Waals surface area contributed by atoms with Crippen molar-refractivity contribution in [1.82, 2.24) is 0 Å². The lowest BCUT2D eigenvalue weighted by Gasteiger charge is -2.16. The van der Waals surface area contributed by atoms with Crippen LogP contribution < -0.4 is 10.1 Å². The largest absolute Gasteiger partial charge is 0.481 e. The molecule has 0 saturated carbocycles. The zero-order valence-corrected chi connectivity index (χ0v) is 14.1. The van der Waals surface area contributed by atoms with Crippen molar-refractivity contribution >= 4 is 21.4 Å². The number of anilines is 1. The van der Waals surface area contributed by atoms with Gasteiger partial charge in [-0.15, -0.1) is 0 Å². The first-order valence-electron chi connectivity index (χ1n) is 7.10. The van der Waals surface area contributed by atoms with E-state index in [1.165, 1.54) is 6.07 Å². The van der Waals surface area contributed by atoms with E-state index < -0.39 is 21.8 Å². The zero-order valence-electron chi connectivity index (χ0n) is 13.2. The monoisotopic (exact) mass is 333 g/mol. The van der Waals surface area contributed by atoms with E-state index in [-0.39, 0.29) is 10.6 Å². The van der Waals surface area contributed by atoms with Gasteiger partial charge in [-0.1, -0.05) is 29.8 Å². The number of aryl methyl sites for hydroxylation is 1. The summed E-state index contributed by atoms with van der Waals surface area (Å²) in [6, 6.07) is 13.6. The van der Waals surface area contributed by atoms with Crippen molar-refractivity contribution in [3.8, 4) is 5.75 Å². The number of hydrogen-bond donors (Lipinski definition) is 1. The summed E-state index contributed by atoms with van der Waals surface area (Å²) in [5.74, 6) is 0.163. The lowest BCUT2D eigenvalue weighted by molar-refractivity contribution is -0.122. The molecular formula is C17H19NO4S. The number of rotatable bonds is 5. The average molecular weight is 333 g/mol. The molecule has 0 spiro atoms. The second kappa shape index (κ2) is 6.83. The van der Waals surface area contributed by atoms with Crippen LogP contribution >= 0.6 is 0 Å². The lowest BCUT2D eigenvalue weighted by atomic mass is 10.2. The van der Waals surface area contributed by atoms with Crippen LogP contribution in [0.15, 0.2) is 53.4 Å². The molecule has 0 aliphatic heterocycles. The SMILES string of the molecule is Cc1ccc(OC(C)C(=O)Nc2ccccc2S(C)(=O)=O)cc1. The zero-order chi connectivity index (χ0) is 17.0. The third-order valence-corrected chi connectivity index (χ3v) is 4.40. The van der Waals surface area contributed by atoms with Crippen LogP contribution in [0.2, 0.25) is 0 Å². The fourth-order valence-corrected chi connectivity index (χ4v) is 2.85. The van der Waals surface area contributed by atoms with Gasteiger partial charge in [0.1, 0.15) is 5.75 Å². The van der Waals surface area contributed by atoms with Crippen LogP contribution in [-0.2, 0) is 14.6 Å². The first-order valence-corrected chi connectivity index (χ1v) is 9.00. The fraction of sp³-hybridized carbons (Fsp3) is 0.235. The van der Waals surface area contributed by atoms with Gasteiger partial charge in [0, 0.05) is 6.26 Å². The highest BCUT2D eigenvalue weighted by Gasteiger charge is 2.19. The number of carbonyl (C=O) groups is 1. The Balaban J connectivity index is 2.11. The number of sulfone groups is 1. The van der Waals surface area contributed by atoms with Gasteiger partial charge in [0.05, 0.1) is 10.6 Å². The summed E-state index contributed by atoms with van der Waals surface area (Å²) in [5.41, 5.74) is 1.34. The second-order valence-electron chi connectivity index (χ2n) is 5.33. The van der Waals surface area contributed by atoms with Crippen molar-refractivity contribution in [2.24, 2.45) is 0 Å². The molecular weight excluding hydrogens is 314 g/mol. The van der Waals surface area contributed by atoms with E-state index in [1.807, 2.05) is 19.1 Å². The number of nitrogens with one attached hydrogen (secondary N) is 1. The minimum atomic E-state index is -3.42. The van der Waals surface area contributed by atoms with E-state index in [1.54, 1.807) is 37.3 Å². The molecule has 6 heteroatoms. The summed E-state index contributed by atoms with van der Waals surface area (Å²) in [5, 5.41) is 2.61. The molecule has 0 fully saturated rings. The topological polar surface area (TPSA) is 72.5 Å². The molecule has 2 aromatic rings. The van der Waals surface area contributed by atoms with Crippen LogP contribution in [0.25, 0.3) is 0 Å². The number of amides is 1. The molecule has 2 aromatic carbocycles. The molecule has 0 aromatic heterocycles. The predicted octanol–water partition coefficient (Wildman–Crippen LogP) is 2.80. The molecule has 0 saturated heterocycles. The van der Waals surface area contributed by atoms with Gasteiger partial charge in [0.2, 0.25) is 0 Å². The van der Waals surface area contributed by atoms with Crippen LogP contribution in [-0.4, -0.2) is 26.7 Å². The Morgan fingerprint density at radius 2 is 1.70 bits per heavy atom. The van der Waals surface area contributed by atoms with E-state index >= 15 is 0 Å². The molecule has 23 heavy (non-hydrogen) atoms. The molecule has 0 heterocycles. The van der Waals surface area contributed by atoms with Crippen LogP contribution in [0.3, 0.4) is 0 Å². The summed E-state index contributed by atoms with van der Waals surface area (Å²) in [6.07, 6.45) is 0.342. The molecule has 0 radical (unpaired) electrons. The van der Waals surface area contributed by atoms with E-state index in [9.17, 15) is 13.2 Å². The standard InChI is InChI=1S/C17H19NO4S/c1-12-8-10-14(11-9-12)22-13(2)17(19)18-15-6-4-5-7-16(15)23(3,20)21/h4-11,13H,1-3H3,(H,18,19). The molecule has 0 aliphatic rings. The summed E-state index contributed by atoms with van der Waals surface area (Å²) in [6.45, 7) is 3.57. The second-order valence-corrected chi connectivity index (χ2v) is 7.31. The lowest BCUT2D eigenvalue weighted by Crippen LogP contribution is -2.30. The highest BCUT2D eigenvalue weighted by molar-refractivity contribution is 7.90. The van der Waals surface area contributed by atoms with Crippen molar-refractivity contribution in [3.63, 3.8) is 0 Å². The number of ether oxygens (including phenoxy) is 1. The maximum absolute atomic E-state index is 12.2. The maximum Gasteiger partial charge on any atom is 0.265 e. The average Bonchev–Trinajstić information content (AvgIpc) is 2.49. The summed E-state index contributed by atoms with van der Waals surface area (Å²) in [4.78, 5) is 12.3. The minimum Gasteiger partial charge on any atom is -0.481 e. The van der Waals surface area contributed by atoms with Crippen LogP contribution in [0.4, 0.5) is 5.69 Å². The van der Waals surface area contributed by atoms with Gasteiger partial charge in [-0.3, -0.25) is 4.79 Å². The van der Waals surface area contributed by atoms with Crippen molar-refractivity contribution in [3.05, 3.63) is 54.1 Å².